The molecule has 0 saturated carbocycles. The fourth-order valence-electron chi connectivity index (χ4n) is 2.80. The lowest BCUT2D eigenvalue weighted by molar-refractivity contribution is 0.305. The third kappa shape index (κ3) is 5.82. The lowest BCUT2D eigenvalue weighted by Gasteiger charge is -2.26. The van der Waals surface area contributed by atoms with E-state index >= 15 is 0 Å². The average molecular weight is 290 g/mol. The highest BCUT2D eigenvalue weighted by molar-refractivity contribution is 5.35. The minimum Gasteiger partial charge on any atom is -0.320 e. The van der Waals surface area contributed by atoms with Gasteiger partial charge in [-0.25, -0.2) is 0 Å². The number of hydrogen-bond donors (Lipinski definition) is 1. The molecule has 1 rings (SSSR count). The van der Waals surface area contributed by atoms with Crippen molar-refractivity contribution >= 4 is 0 Å². The van der Waals surface area contributed by atoms with Crippen LogP contribution in [-0.4, -0.2) is 13.6 Å². The molecule has 1 aromatic carbocycles. The van der Waals surface area contributed by atoms with Crippen molar-refractivity contribution in [1.82, 2.24) is 5.32 Å². The van der Waals surface area contributed by atoms with Gasteiger partial charge in [-0.3, -0.25) is 0 Å². The van der Waals surface area contributed by atoms with Gasteiger partial charge < -0.3 is 5.32 Å². The molecule has 1 heteroatoms. The summed E-state index contributed by atoms with van der Waals surface area (Å²) in [7, 11) is 2.04. The molecular formula is C20H35N. The molecule has 0 spiro atoms. The van der Waals surface area contributed by atoms with E-state index in [1.807, 2.05) is 7.05 Å². The Morgan fingerprint density at radius 2 is 1.67 bits per heavy atom. The first-order chi connectivity index (χ1) is 9.76. The van der Waals surface area contributed by atoms with Gasteiger partial charge in [-0.2, -0.15) is 0 Å². The van der Waals surface area contributed by atoms with Gasteiger partial charge in [0, 0.05) is 0 Å². The van der Waals surface area contributed by atoms with Gasteiger partial charge in [0.2, 0.25) is 0 Å². The molecular weight excluding hydrogens is 254 g/mol. The van der Waals surface area contributed by atoms with Crippen molar-refractivity contribution in [3.05, 3.63) is 34.9 Å². The standard InChI is InChI=1S/C20H35N/c1-15(2)18-9-8-17(19(14-18)16(3)4)10-11-20(5,6)12-13-21-7/h8-9,14-16,21H,10-13H2,1-7H3. The van der Waals surface area contributed by atoms with Crippen LogP contribution in [0.4, 0.5) is 0 Å². The summed E-state index contributed by atoms with van der Waals surface area (Å²) in [6, 6.07) is 7.14. The lowest BCUT2D eigenvalue weighted by Crippen LogP contribution is -2.20. The normalized spacial score (nSPS) is 12.4. The first-order valence-electron chi connectivity index (χ1n) is 8.54. The van der Waals surface area contributed by atoms with Crippen molar-refractivity contribution in [2.24, 2.45) is 5.41 Å². The molecule has 1 N–H and O–H groups in total. The highest BCUT2D eigenvalue weighted by atomic mass is 14.8. The Morgan fingerprint density at radius 1 is 1.00 bits per heavy atom. The molecule has 21 heavy (non-hydrogen) atoms. The summed E-state index contributed by atoms with van der Waals surface area (Å²) in [5.74, 6) is 1.22. The van der Waals surface area contributed by atoms with Crippen LogP contribution in [0.2, 0.25) is 0 Å². The molecule has 0 heterocycles. The fraction of sp³-hybridized carbons (Fsp3) is 0.700. The third-order valence-electron chi connectivity index (χ3n) is 4.58. The Labute approximate surface area is 132 Å². The highest BCUT2D eigenvalue weighted by Crippen LogP contribution is 2.30. The van der Waals surface area contributed by atoms with Gasteiger partial charge in [0.25, 0.3) is 0 Å². The summed E-state index contributed by atoms with van der Waals surface area (Å²) in [6.07, 6.45) is 3.70. The molecule has 0 aliphatic heterocycles. The molecule has 0 fully saturated rings. The third-order valence-corrected chi connectivity index (χ3v) is 4.58. The van der Waals surface area contributed by atoms with E-state index in [-0.39, 0.29) is 0 Å². The summed E-state index contributed by atoms with van der Waals surface area (Å²) >= 11 is 0. The van der Waals surface area contributed by atoms with Crippen LogP contribution in [0.1, 0.15) is 82.9 Å². The topological polar surface area (TPSA) is 12.0 Å². The van der Waals surface area contributed by atoms with Crippen LogP contribution >= 0.6 is 0 Å². The number of benzene rings is 1. The molecule has 0 aliphatic rings. The Bertz CT molecular complexity index is 429. The molecule has 0 aromatic heterocycles. The van der Waals surface area contributed by atoms with Crippen LogP contribution in [0.3, 0.4) is 0 Å². The maximum atomic E-state index is 3.27. The maximum absolute atomic E-state index is 3.27. The number of rotatable bonds is 8. The quantitative estimate of drug-likeness (QED) is 0.666. The van der Waals surface area contributed by atoms with Crippen LogP contribution < -0.4 is 5.32 Å². The van der Waals surface area contributed by atoms with E-state index in [0.29, 0.717) is 17.3 Å². The fourth-order valence-corrected chi connectivity index (χ4v) is 2.80. The second-order valence-electron chi connectivity index (χ2n) is 7.79. The molecule has 120 valence electrons. The summed E-state index contributed by atoms with van der Waals surface area (Å²) in [4.78, 5) is 0. The van der Waals surface area contributed by atoms with Crippen LogP contribution in [0.5, 0.6) is 0 Å². The zero-order valence-electron chi connectivity index (χ0n) is 15.2. The zero-order valence-corrected chi connectivity index (χ0v) is 15.2. The minimum absolute atomic E-state index is 0.411. The van der Waals surface area contributed by atoms with E-state index in [1.165, 1.54) is 24.8 Å². The van der Waals surface area contributed by atoms with Gasteiger partial charge in [0.1, 0.15) is 0 Å². The van der Waals surface area contributed by atoms with Crippen LogP contribution in [0.25, 0.3) is 0 Å². The van der Waals surface area contributed by atoms with Crippen molar-refractivity contribution in [2.75, 3.05) is 13.6 Å². The summed E-state index contributed by atoms with van der Waals surface area (Å²) in [6.45, 7) is 15.1. The predicted molar refractivity (Wildman–Crippen MR) is 95.3 cm³/mol. The highest BCUT2D eigenvalue weighted by Gasteiger charge is 2.18. The molecule has 1 nitrogen and oxygen atoms in total. The Balaban J connectivity index is 2.83. The summed E-state index contributed by atoms with van der Waals surface area (Å²) < 4.78 is 0. The minimum atomic E-state index is 0.411. The molecule has 0 unspecified atom stereocenters. The van der Waals surface area contributed by atoms with Crippen molar-refractivity contribution < 1.29 is 0 Å². The van der Waals surface area contributed by atoms with Gasteiger partial charge in [-0.15, -0.1) is 0 Å². The molecule has 0 saturated heterocycles. The molecule has 1 aromatic rings. The van der Waals surface area contributed by atoms with Crippen LogP contribution in [0.15, 0.2) is 18.2 Å². The van der Waals surface area contributed by atoms with E-state index in [0.717, 1.165) is 6.54 Å². The van der Waals surface area contributed by atoms with Crippen molar-refractivity contribution in [3.63, 3.8) is 0 Å². The van der Waals surface area contributed by atoms with E-state index in [4.69, 9.17) is 0 Å². The van der Waals surface area contributed by atoms with E-state index in [1.54, 1.807) is 11.1 Å². The van der Waals surface area contributed by atoms with Crippen LogP contribution in [0, 0.1) is 5.41 Å². The van der Waals surface area contributed by atoms with Gasteiger partial charge >= 0.3 is 0 Å². The number of nitrogens with one attached hydrogen (secondary N) is 1. The Morgan fingerprint density at radius 3 is 2.19 bits per heavy atom. The Kier molecular flexibility index (Phi) is 6.93. The van der Waals surface area contributed by atoms with Crippen LogP contribution in [-0.2, 0) is 6.42 Å². The van der Waals surface area contributed by atoms with E-state index in [2.05, 4.69) is 65.1 Å². The van der Waals surface area contributed by atoms with Gasteiger partial charge in [0.15, 0.2) is 0 Å². The van der Waals surface area contributed by atoms with E-state index in [9.17, 15) is 0 Å². The molecule has 0 atom stereocenters. The van der Waals surface area contributed by atoms with Gasteiger partial charge in [0.05, 0.1) is 0 Å². The van der Waals surface area contributed by atoms with Gasteiger partial charge in [-0.05, 0) is 66.8 Å². The first kappa shape index (κ1) is 18.2. The SMILES string of the molecule is CNCCC(C)(C)CCc1ccc(C(C)C)cc1C(C)C. The average Bonchev–Trinajstić information content (AvgIpc) is 2.42. The zero-order chi connectivity index (χ0) is 16.0. The largest absolute Gasteiger partial charge is 0.320 e. The van der Waals surface area contributed by atoms with Crippen molar-refractivity contribution in [3.8, 4) is 0 Å². The van der Waals surface area contributed by atoms with E-state index < -0.39 is 0 Å². The van der Waals surface area contributed by atoms with Crippen molar-refractivity contribution in [2.45, 2.75) is 72.6 Å². The maximum Gasteiger partial charge on any atom is -0.00468 e. The lowest BCUT2D eigenvalue weighted by atomic mass is 9.81. The number of hydrogen-bond acceptors (Lipinski definition) is 1. The molecule has 0 radical (unpaired) electrons. The van der Waals surface area contributed by atoms with Gasteiger partial charge in [-0.1, -0.05) is 59.7 Å². The first-order valence-corrected chi connectivity index (χ1v) is 8.54. The molecule has 0 bridgehead atoms. The second-order valence-corrected chi connectivity index (χ2v) is 7.79. The van der Waals surface area contributed by atoms with Crippen molar-refractivity contribution in [1.29, 1.82) is 0 Å². The monoisotopic (exact) mass is 289 g/mol. The Hall–Kier alpha value is -0.820. The predicted octanol–water partition coefficient (Wildman–Crippen LogP) is 5.50. The summed E-state index contributed by atoms with van der Waals surface area (Å²) in [5, 5.41) is 3.27. The summed E-state index contributed by atoms with van der Waals surface area (Å²) in [5.41, 5.74) is 4.97. The smallest absolute Gasteiger partial charge is 0.00468 e. The number of aryl methyl sites for hydroxylation is 1. The molecule has 0 amide bonds. The second kappa shape index (κ2) is 7.98. The molecule has 0 aliphatic carbocycles.